The van der Waals surface area contributed by atoms with Gasteiger partial charge in [0.2, 0.25) is 0 Å². The fourth-order valence-corrected chi connectivity index (χ4v) is 1.49. The van der Waals surface area contributed by atoms with E-state index >= 15 is 0 Å². The normalized spacial score (nSPS) is 23.2. The standard InChI is InChI=1S/C9H12O3/c1-5-4-6(2)8(10)7(5)9(11)12-3/h6H,4H2,1-3H3. The van der Waals surface area contributed by atoms with Crippen molar-refractivity contribution in [2.75, 3.05) is 7.11 Å². The molecule has 0 saturated heterocycles. The number of Topliss-reactive ketones (excluding diaryl/α,β-unsaturated/α-hetero) is 1. The zero-order valence-corrected chi connectivity index (χ0v) is 7.51. The van der Waals surface area contributed by atoms with Crippen LogP contribution >= 0.6 is 0 Å². The van der Waals surface area contributed by atoms with Crippen molar-refractivity contribution in [1.29, 1.82) is 0 Å². The lowest BCUT2D eigenvalue weighted by Gasteiger charge is -2.00. The van der Waals surface area contributed by atoms with E-state index in [2.05, 4.69) is 4.74 Å². The first-order valence-electron chi connectivity index (χ1n) is 3.90. The molecule has 3 heteroatoms. The predicted molar refractivity (Wildman–Crippen MR) is 43.5 cm³/mol. The lowest BCUT2D eigenvalue weighted by Crippen LogP contribution is -2.15. The highest BCUT2D eigenvalue weighted by atomic mass is 16.5. The van der Waals surface area contributed by atoms with Crippen LogP contribution < -0.4 is 0 Å². The molecule has 0 radical (unpaired) electrons. The van der Waals surface area contributed by atoms with Crippen molar-refractivity contribution in [3.05, 3.63) is 11.1 Å². The van der Waals surface area contributed by atoms with E-state index < -0.39 is 5.97 Å². The van der Waals surface area contributed by atoms with Gasteiger partial charge in [0.1, 0.15) is 5.57 Å². The van der Waals surface area contributed by atoms with Gasteiger partial charge in [-0.1, -0.05) is 12.5 Å². The lowest BCUT2D eigenvalue weighted by molar-refractivity contribution is -0.137. The Morgan fingerprint density at radius 2 is 2.17 bits per heavy atom. The van der Waals surface area contributed by atoms with E-state index in [0.29, 0.717) is 6.42 Å². The molecule has 0 heterocycles. The Kier molecular flexibility index (Phi) is 2.31. The second-order valence-electron chi connectivity index (χ2n) is 3.12. The number of ether oxygens (including phenoxy) is 1. The van der Waals surface area contributed by atoms with Crippen LogP contribution in [0.15, 0.2) is 11.1 Å². The first kappa shape index (κ1) is 8.97. The number of hydrogen-bond donors (Lipinski definition) is 0. The fraction of sp³-hybridized carbons (Fsp3) is 0.556. The van der Waals surface area contributed by atoms with Gasteiger partial charge >= 0.3 is 5.97 Å². The molecule has 0 aromatic carbocycles. The molecule has 0 aliphatic heterocycles. The van der Waals surface area contributed by atoms with Crippen molar-refractivity contribution in [3.8, 4) is 0 Å². The maximum Gasteiger partial charge on any atom is 0.341 e. The molecular formula is C9H12O3. The van der Waals surface area contributed by atoms with Gasteiger partial charge in [0.25, 0.3) is 0 Å². The van der Waals surface area contributed by atoms with Gasteiger partial charge in [-0.15, -0.1) is 0 Å². The summed E-state index contributed by atoms with van der Waals surface area (Å²) in [6.45, 7) is 3.62. The van der Waals surface area contributed by atoms with E-state index in [0.717, 1.165) is 5.57 Å². The summed E-state index contributed by atoms with van der Waals surface area (Å²) >= 11 is 0. The molecule has 0 bridgehead atoms. The minimum atomic E-state index is -0.498. The molecule has 1 aliphatic carbocycles. The van der Waals surface area contributed by atoms with Crippen molar-refractivity contribution in [1.82, 2.24) is 0 Å². The number of ketones is 1. The Balaban J connectivity index is 2.95. The molecule has 1 unspecified atom stereocenters. The predicted octanol–water partition coefficient (Wildman–Crippen LogP) is 1.08. The molecule has 0 aromatic heterocycles. The van der Waals surface area contributed by atoms with E-state index in [1.54, 1.807) is 6.92 Å². The van der Waals surface area contributed by atoms with Crippen LogP contribution in [0, 0.1) is 5.92 Å². The van der Waals surface area contributed by atoms with Gasteiger partial charge in [0.05, 0.1) is 7.11 Å². The molecule has 0 fully saturated rings. The van der Waals surface area contributed by atoms with Gasteiger partial charge in [-0.2, -0.15) is 0 Å². The van der Waals surface area contributed by atoms with Gasteiger partial charge < -0.3 is 4.74 Å². The topological polar surface area (TPSA) is 43.4 Å². The number of carbonyl (C=O) groups is 2. The lowest BCUT2D eigenvalue weighted by atomic mass is 10.1. The van der Waals surface area contributed by atoms with Crippen molar-refractivity contribution in [2.24, 2.45) is 5.92 Å². The first-order valence-corrected chi connectivity index (χ1v) is 3.90. The number of rotatable bonds is 1. The molecular weight excluding hydrogens is 156 g/mol. The Bertz CT molecular complexity index is 263. The van der Waals surface area contributed by atoms with Crippen LogP contribution in [-0.2, 0) is 14.3 Å². The average Bonchev–Trinajstić information content (AvgIpc) is 2.26. The molecule has 0 amide bonds. The van der Waals surface area contributed by atoms with Crippen LogP contribution in [0.5, 0.6) is 0 Å². The third-order valence-corrected chi connectivity index (χ3v) is 2.12. The Morgan fingerprint density at radius 1 is 1.58 bits per heavy atom. The molecule has 1 aliphatic rings. The third-order valence-electron chi connectivity index (χ3n) is 2.12. The summed E-state index contributed by atoms with van der Waals surface area (Å²) in [6.07, 6.45) is 0.684. The fourth-order valence-electron chi connectivity index (χ4n) is 1.49. The third kappa shape index (κ3) is 1.26. The van der Waals surface area contributed by atoms with Gasteiger partial charge in [0, 0.05) is 5.92 Å². The Labute approximate surface area is 71.4 Å². The van der Waals surface area contributed by atoms with E-state index in [-0.39, 0.29) is 17.3 Å². The van der Waals surface area contributed by atoms with Crippen molar-refractivity contribution < 1.29 is 14.3 Å². The molecule has 1 rings (SSSR count). The van der Waals surface area contributed by atoms with Crippen LogP contribution in [0.1, 0.15) is 20.3 Å². The van der Waals surface area contributed by atoms with Gasteiger partial charge in [-0.3, -0.25) is 4.79 Å². The summed E-state index contributed by atoms with van der Waals surface area (Å²) in [6, 6.07) is 0. The maximum atomic E-state index is 11.4. The summed E-state index contributed by atoms with van der Waals surface area (Å²) in [5.74, 6) is -0.639. The molecule has 3 nitrogen and oxygen atoms in total. The highest BCUT2D eigenvalue weighted by molar-refractivity contribution is 6.20. The van der Waals surface area contributed by atoms with E-state index in [1.165, 1.54) is 7.11 Å². The molecule has 0 spiro atoms. The van der Waals surface area contributed by atoms with Crippen LogP contribution in [0.3, 0.4) is 0 Å². The summed E-state index contributed by atoms with van der Waals surface area (Å²) in [5, 5.41) is 0. The average molecular weight is 168 g/mol. The van der Waals surface area contributed by atoms with Crippen LogP contribution in [-0.4, -0.2) is 18.9 Å². The summed E-state index contributed by atoms with van der Waals surface area (Å²) < 4.78 is 4.51. The van der Waals surface area contributed by atoms with E-state index in [9.17, 15) is 9.59 Å². The van der Waals surface area contributed by atoms with Gasteiger partial charge in [-0.05, 0) is 13.3 Å². The van der Waals surface area contributed by atoms with E-state index in [4.69, 9.17) is 0 Å². The van der Waals surface area contributed by atoms with Crippen molar-refractivity contribution in [3.63, 3.8) is 0 Å². The smallest absolute Gasteiger partial charge is 0.341 e. The van der Waals surface area contributed by atoms with Gasteiger partial charge in [0.15, 0.2) is 5.78 Å². The number of hydrogen-bond acceptors (Lipinski definition) is 3. The molecule has 0 N–H and O–H groups in total. The quantitative estimate of drug-likeness (QED) is 0.434. The highest BCUT2D eigenvalue weighted by Gasteiger charge is 2.32. The van der Waals surface area contributed by atoms with Crippen LogP contribution in [0.4, 0.5) is 0 Å². The largest absolute Gasteiger partial charge is 0.465 e. The van der Waals surface area contributed by atoms with Crippen LogP contribution in [0.25, 0.3) is 0 Å². The monoisotopic (exact) mass is 168 g/mol. The molecule has 0 aromatic rings. The number of esters is 1. The van der Waals surface area contributed by atoms with Crippen LogP contribution in [0.2, 0.25) is 0 Å². The zero-order chi connectivity index (χ0) is 9.30. The number of methoxy groups -OCH3 is 1. The minimum absolute atomic E-state index is 0.0564. The summed E-state index contributed by atoms with van der Waals surface area (Å²) in [5.41, 5.74) is 1.10. The van der Waals surface area contributed by atoms with E-state index in [1.807, 2.05) is 6.92 Å². The Hall–Kier alpha value is -1.12. The molecule has 1 atom stereocenters. The summed E-state index contributed by atoms with van der Waals surface area (Å²) in [4.78, 5) is 22.4. The zero-order valence-electron chi connectivity index (χ0n) is 7.51. The van der Waals surface area contributed by atoms with Crippen molar-refractivity contribution in [2.45, 2.75) is 20.3 Å². The molecule has 12 heavy (non-hydrogen) atoms. The minimum Gasteiger partial charge on any atom is -0.465 e. The van der Waals surface area contributed by atoms with Gasteiger partial charge in [-0.25, -0.2) is 4.79 Å². The SMILES string of the molecule is COC(=O)C1=C(C)CC(C)C1=O. The highest BCUT2D eigenvalue weighted by Crippen LogP contribution is 2.27. The maximum absolute atomic E-state index is 11.4. The first-order chi connectivity index (χ1) is 5.57. The second-order valence-corrected chi connectivity index (χ2v) is 3.12. The summed E-state index contributed by atoms with van der Waals surface area (Å²) in [7, 11) is 1.29. The molecule has 0 saturated carbocycles. The van der Waals surface area contributed by atoms with Crippen molar-refractivity contribution >= 4 is 11.8 Å². The number of carbonyl (C=O) groups excluding carboxylic acids is 2. The molecule has 66 valence electrons. The Morgan fingerprint density at radius 3 is 2.50 bits per heavy atom. The second kappa shape index (κ2) is 3.09. The number of allylic oxidation sites excluding steroid dienone is 1.